The van der Waals surface area contributed by atoms with E-state index >= 15 is 0 Å². The van der Waals surface area contributed by atoms with E-state index in [2.05, 4.69) is 148 Å². The molecule has 7 heteroatoms. The van der Waals surface area contributed by atoms with Crippen molar-refractivity contribution in [3.05, 3.63) is 121 Å². The summed E-state index contributed by atoms with van der Waals surface area (Å²) in [5.41, 5.74) is 1.43. The molecule has 0 aliphatic heterocycles. The summed E-state index contributed by atoms with van der Waals surface area (Å²) in [6.07, 6.45) is 4.00. The molecule has 1 aliphatic carbocycles. The van der Waals surface area contributed by atoms with E-state index in [4.69, 9.17) is 19.2 Å². The molecular weight excluding hydrogens is 618 g/mol. The molecule has 4 nitrogen and oxygen atoms in total. The Morgan fingerprint density at radius 1 is 0.400 bits per heavy atom. The molecule has 1 fully saturated rings. The van der Waals surface area contributed by atoms with Gasteiger partial charge in [-0.15, -0.1) is 0 Å². The summed E-state index contributed by atoms with van der Waals surface area (Å²) >= 11 is 0. The van der Waals surface area contributed by atoms with Gasteiger partial charge >= 0.3 is 0 Å². The number of hydrogen-bond donors (Lipinski definition) is 0. The van der Waals surface area contributed by atoms with Crippen LogP contribution in [0.3, 0.4) is 0 Å². The van der Waals surface area contributed by atoms with Crippen LogP contribution < -0.4 is 21.2 Å². The normalized spacial score (nSPS) is 14.8. The minimum atomic E-state index is -0.388. The average molecular weight is 646 g/mol. The number of carbonyl (C=O) groups excluding carboxylic acids is 4. The monoisotopic (exact) mass is 648 g/mol. The maximum absolute atomic E-state index is 7.50. The van der Waals surface area contributed by atoms with Crippen molar-refractivity contribution in [3.8, 4) is 0 Å². The largest absolute Gasteiger partial charge is 0.281 e. The molecule has 200 valence electrons. The summed E-state index contributed by atoms with van der Waals surface area (Å²) in [5, 5.41) is 6.10. The molecule has 0 N–H and O–H groups in total. The van der Waals surface area contributed by atoms with Gasteiger partial charge in [-0.1, -0.05) is 128 Å². The van der Waals surface area contributed by atoms with Gasteiger partial charge in [0.1, 0.15) is 0 Å². The van der Waals surface area contributed by atoms with Crippen molar-refractivity contribution in [1.29, 1.82) is 0 Å². The standard InChI is InChI=1S/C29H28P2.4CO.Mo/c1-5-14-24(15-6-1)30(25-16-7-2-8-17-25)28-22-13-23-29(28)31(26-18-9-3-10-19-26)27-20-11-4-12-21-27;4*1-2;/h1-12,14-21,28-29H,13,22-23H2;;;;;/t28-,29-;;;;;/m1...../s1. The van der Waals surface area contributed by atoms with Gasteiger partial charge < -0.3 is 0 Å². The Morgan fingerprint density at radius 2 is 0.600 bits per heavy atom. The fourth-order valence-electron chi connectivity index (χ4n) is 4.94. The molecule has 8 radical (unpaired) electrons. The van der Waals surface area contributed by atoms with Crippen LogP contribution >= 0.6 is 15.8 Å². The summed E-state index contributed by atoms with van der Waals surface area (Å²) in [5.74, 6) is 0. The Balaban J connectivity index is 0.00000156. The van der Waals surface area contributed by atoms with Crippen molar-refractivity contribution in [1.82, 2.24) is 0 Å². The molecule has 0 amide bonds. The number of benzene rings is 4. The first-order valence-corrected chi connectivity index (χ1v) is 14.8. The van der Waals surface area contributed by atoms with E-state index in [1.807, 2.05) is 0 Å². The quantitative estimate of drug-likeness (QED) is 0.227. The predicted molar refractivity (Wildman–Crippen MR) is 162 cm³/mol. The zero-order valence-corrected chi connectivity index (χ0v) is 25.6. The minimum absolute atomic E-state index is 0. The van der Waals surface area contributed by atoms with E-state index in [9.17, 15) is 0 Å². The van der Waals surface area contributed by atoms with Crippen molar-refractivity contribution in [2.45, 2.75) is 30.6 Å². The Labute approximate surface area is 255 Å². The second kappa shape index (κ2) is 22.9. The van der Waals surface area contributed by atoms with Gasteiger partial charge in [0.2, 0.25) is 0 Å². The summed E-state index contributed by atoms with van der Waals surface area (Å²) < 4.78 is 0. The van der Waals surface area contributed by atoms with Crippen LogP contribution in [0.15, 0.2) is 121 Å². The molecule has 0 saturated heterocycles. The molecular formula is C33H28MoO4P2. The molecule has 4 aromatic carbocycles. The first-order valence-electron chi connectivity index (χ1n) is 12.0. The Kier molecular flexibility index (Phi) is 21.2. The number of hydrogen-bond acceptors (Lipinski definition) is 4. The van der Waals surface area contributed by atoms with E-state index in [-0.39, 0.29) is 36.9 Å². The van der Waals surface area contributed by atoms with Gasteiger partial charge in [0.25, 0.3) is 27.2 Å². The Hall–Kier alpha value is -2.89. The molecule has 0 unspecified atom stereocenters. The average Bonchev–Trinajstić information content (AvgIpc) is 3.52. The fourth-order valence-corrected chi connectivity index (χ4v) is 11.7. The molecule has 0 spiro atoms. The summed E-state index contributed by atoms with van der Waals surface area (Å²) in [6, 6.07) is 45.2. The second-order valence-corrected chi connectivity index (χ2v) is 13.0. The topological polar surface area (TPSA) is 68.3 Å². The molecule has 1 saturated carbocycles. The van der Waals surface area contributed by atoms with Crippen molar-refractivity contribution in [2.24, 2.45) is 0 Å². The van der Waals surface area contributed by atoms with Gasteiger partial charge in [-0.25, -0.2) is 0 Å². The molecule has 5 rings (SSSR count). The van der Waals surface area contributed by atoms with Gasteiger partial charge in [-0.3, -0.25) is 19.2 Å². The molecule has 0 aromatic heterocycles. The first kappa shape index (κ1) is 37.1. The minimum Gasteiger partial charge on any atom is -0.281 e. The van der Waals surface area contributed by atoms with Crippen LogP contribution in [0.25, 0.3) is 0 Å². The molecule has 0 bridgehead atoms. The van der Waals surface area contributed by atoms with E-state index in [1.165, 1.54) is 40.5 Å². The van der Waals surface area contributed by atoms with Crippen LogP contribution in [-0.4, -0.2) is 38.5 Å². The zero-order chi connectivity index (χ0) is 28.9. The van der Waals surface area contributed by atoms with Gasteiger partial charge in [-0.05, 0) is 61.2 Å². The predicted octanol–water partition coefficient (Wildman–Crippen LogP) is 4.58. The summed E-state index contributed by atoms with van der Waals surface area (Å²) in [4.78, 5) is 30.0. The van der Waals surface area contributed by atoms with Crippen LogP contribution in [0.1, 0.15) is 19.3 Å². The van der Waals surface area contributed by atoms with E-state index in [0.29, 0.717) is 11.3 Å². The Morgan fingerprint density at radius 3 is 0.800 bits per heavy atom. The van der Waals surface area contributed by atoms with Gasteiger partial charge in [0.15, 0.2) is 0 Å². The van der Waals surface area contributed by atoms with Crippen LogP contribution in [0, 0.1) is 0 Å². The fraction of sp³-hybridized carbons (Fsp3) is 0.152. The van der Waals surface area contributed by atoms with Crippen LogP contribution in [0.2, 0.25) is 0 Å². The maximum atomic E-state index is 7.50. The van der Waals surface area contributed by atoms with Gasteiger partial charge in [-0.2, -0.15) is 0 Å². The van der Waals surface area contributed by atoms with Crippen LogP contribution in [0.5, 0.6) is 0 Å². The molecule has 2 atom stereocenters. The first-order chi connectivity index (χ1) is 19.4. The van der Waals surface area contributed by atoms with Crippen molar-refractivity contribution in [3.63, 3.8) is 0 Å². The molecule has 4 aromatic rings. The van der Waals surface area contributed by atoms with Gasteiger partial charge in [0.05, 0.1) is 0 Å². The van der Waals surface area contributed by atoms with E-state index in [1.54, 1.807) is 0 Å². The summed E-state index contributed by atoms with van der Waals surface area (Å²) in [7, 11) is -0.777. The molecule has 0 heterocycles. The van der Waals surface area contributed by atoms with Gasteiger partial charge in [0, 0.05) is 21.1 Å². The van der Waals surface area contributed by atoms with Crippen molar-refractivity contribution >= 4 is 64.2 Å². The number of rotatable bonds is 6. The Bertz CT molecular complexity index is 978. The van der Waals surface area contributed by atoms with Crippen molar-refractivity contribution in [2.75, 3.05) is 0 Å². The smallest absolute Gasteiger partial charge is 0.281 e. The van der Waals surface area contributed by atoms with Crippen LogP contribution in [-0.2, 0) is 40.2 Å². The molecule has 40 heavy (non-hydrogen) atoms. The van der Waals surface area contributed by atoms with Crippen LogP contribution in [0.4, 0.5) is 0 Å². The third-order valence-electron chi connectivity index (χ3n) is 6.24. The maximum Gasteiger partial charge on any atom is 0.281 e. The molecule has 1 aliphatic rings. The van der Waals surface area contributed by atoms with E-state index in [0.717, 1.165) is 0 Å². The zero-order valence-electron chi connectivity index (χ0n) is 21.8. The summed E-state index contributed by atoms with van der Waals surface area (Å²) in [6.45, 7) is 18.0. The third kappa shape index (κ3) is 10.3. The van der Waals surface area contributed by atoms with E-state index < -0.39 is 0 Å². The second-order valence-electron chi connectivity index (χ2n) is 8.15. The SMILES string of the molecule is [C]=O.[C]=O.[C]=O.[C]=O.[Mo].c1ccc(P(c2ccccc2)[C@@H]2CCC[C@H]2P(c2ccccc2)c2ccccc2)cc1. The van der Waals surface area contributed by atoms with Crippen molar-refractivity contribution < 1.29 is 40.2 Å². The third-order valence-corrected chi connectivity index (χ3v) is 12.5.